The van der Waals surface area contributed by atoms with E-state index in [4.69, 9.17) is 4.74 Å². The van der Waals surface area contributed by atoms with Gasteiger partial charge in [0, 0.05) is 18.1 Å². The smallest absolute Gasteiger partial charge is 0.223 e. The summed E-state index contributed by atoms with van der Waals surface area (Å²) in [7, 11) is 0. The summed E-state index contributed by atoms with van der Waals surface area (Å²) in [5.74, 6) is 1.25. The van der Waals surface area contributed by atoms with Crippen molar-refractivity contribution < 1.29 is 4.74 Å². The van der Waals surface area contributed by atoms with Crippen molar-refractivity contribution in [2.45, 2.75) is 52.1 Å². The van der Waals surface area contributed by atoms with E-state index in [0.717, 1.165) is 36.2 Å². The van der Waals surface area contributed by atoms with Gasteiger partial charge in [-0.2, -0.15) is 0 Å². The van der Waals surface area contributed by atoms with E-state index in [2.05, 4.69) is 29.9 Å². The number of rotatable bonds is 4. The van der Waals surface area contributed by atoms with Gasteiger partial charge in [0.15, 0.2) is 0 Å². The average Bonchev–Trinajstić information content (AvgIpc) is 3.22. The van der Waals surface area contributed by atoms with Gasteiger partial charge in [0.05, 0.1) is 5.39 Å². The van der Waals surface area contributed by atoms with E-state index < -0.39 is 0 Å². The fourth-order valence-electron chi connectivity index (χ4n) is 2.29. The van der Waals surface area contributed by atoms with Crippen molar-refractivity contribution >= 4 is 10.8 Å². The molecule has 1 atom stereocenters. The second-order valence-electron chi connectivity index (χ2n) is 5.52. The molecule has 2 aromatic rings. The second kappa shape index (κ2) is 4.80. The summed E-state index contributed by atoms with van der Waals surface area (Å²) in [6.45, 7) is 6.48. The predicted octanol–water partition coefficient (Wildman–Crippen LogP) is 3.99. The number of aromatic nitrogens is 2. The molecule has 0 aliphatic heterocycles. The largest absolute Gasteiger partial charge is 0.474 e. The SMILES string of the molecule is CC[C@@H](C)c1cnc(OC2CC2)c2cnc(C)cc12. The van der Waals surface area contributed by atoms with E-state index in [1.54, 1.807) is 0 Å². The first-order valence-electron chi connectivity index (χ1n) is 7.11. The Balaban J connectivity index is 2.14. The van der Waals surface area contributed by atoms with E-state index in [9.17, 15) is 0 Å². The van der Waals surface area contributed by atoms with Crippen molar-refractivity contribution in [2.24, 2.45) is 0 Å². The Morgan fingerprint density at radius 2 is 2.05 bits per heavy atom. The van der Waals surface area contributed by atoms with Crippen LogP contribution in [0.25, 0.3) is 10.8 Å². The molecule has 2 aromatic heterocycles. The first-order valence-corrected chi connectivity index (χ1v) is 7.11. The minimum absolute atomic E-state index is 0.367. The number of hydrogen-bond acceptors (Lipinski definition) is 3. The highest BCUT2D eigenvalue weighted by Crippen LogP contribution is 2.34. The molecule has 3 nitrogen and oxygen atoms in total. The van der Waals surface area contributed by atoms with Gasteiger partial charge >= 0.3 is 0 Å². The molecule has 19 heavy (non-hydrogen) atoms. The van der Waals surface area contributed by atoms with Gasteiger partial charge in [-0.3, -0.25) is 4.98 Å². The summed E-state index contributed by atoms with van der Waals surface area (Å²) in [5, 5.41) is 2.29. The maximum absolute atomic E-state index is 5.90. The maximum Gasteiger partial charge on any atom is 0.223 e. The molecule has 0 amide bonds. The van der Waals surface area contributed by atoms with Crippen molar-refractivity contribution in [3.8, 4) is 5.88 Å². The van der Waals surface area contributed by atoms with E-state index in [1.807, 2.05) is 19.3 Å². The van der Waals surface area contributed by atoms with Crippen LogP contribution in [0.5, 0.6) is 5.88 Å². The Morgan fingerprint density at radius 1 is 1.26 bits per heavy atom. The number of fused-ring (bicyclic) bond motifs is 1. The molecule has 2 heterocycles. The number of hydrogen-bond donors (Lipinski definition) is 0. The third-order valence-corrected chi connectivity index (χ3v) is 3.85. The fraction of sp³-hybridized carbons (Fsp3) is 0.500. The molecule has 1 aliphatic carbocycles. The topological polar surface area (TPSA) is 35.0 Å². The van der Waals surface area contributed by atoms with Crippen LogP contribution in [0.1, 0.15) is 50.3 Å². The Kier molecular flexibility index (Phi) is 3.13. The maximum atomic E-state index is 5.90. The van der Waals surface area contributed by atoms with Gasteiger partial charge in [0.2, 0.25) is 5.88 Å². The first-order chi connectivity index (χ1) is 9.19. The molecule has 1 aliphatic rings. The van der Waals surface area contributed by atoms with Gasteiger partial charge in [-0.05, 0) is 49.1 Å². The average molecular weight is 256 g/mol. The zero-order valence-electron chi connectivity index (χ0n) is 11.8. The molecule has 0 spiro atoms. The summed E-state index contributed by atoms with van der Waals surface area (Å²) >= 11 is 0. The number of nitrogens with zero attached hydrogens (tertiary/aromatic N) is 2. The van der Waals surface area contributed by atoms with Crippen molar-refractivity contribution in [3.63, 3.8) is 0 Å². The van der Waals surface area contributed by atoms with Gasteiger partial charge in [0.25, 0.3) is 0 Å². The Labute approximate surface area is 114 Å². The van der Waals surface area contributed by atoms with Crippen LogP contribution in [0.2, 0.25) is 0 Å². The Bertz CT molecular complexity index is 605. The van der Waals surface area contributed by atoms with Gasteiger partial charge in [0.1, 0.15) is 6.10 Å². The summed E-state index contributed by atoms with van der Waals surface area (Å²) < 4.78 is 5.90. The third kappa shape index (κ3) is 2.42. The van der Waals surface area contributed by atoms with Crippen LogP contribution in [0.15, 0.2) is 18.5 Å². The molecule has 3 rings (SSSR count). The molecular formula is C16H20N2O. The highest BCUT2D eigenvalue weighted by molar-refractivity contribution is 5.89. The quantitative estimate of drug-likeness (QED) is 0.829. The number of ether oxygens (including phenoxy) is 1. The van der Waals surface area contributed by atoms with Crippen LogP contribution in [-0.2, 0) is 0 Å². The number of pyridine rings is 2. The third-order valence-electron chi connectivity index (χ3n) is 3.85. The van der Waals surface area contributed by atoms with Crippen LogP contribution in [0.4, 0.5) is 0 Å². The van der Waals surface area contributed by atoms with Crippen LogP contribution >= 0.6 is 0 Å². The van der Waals surface area contributed by atoms with Crippen molar-refractivity contribution in [3.05, 3.63) is 29.7 Å². The van der Waals surface area contributed by atoms with Crippen LogP contribution in [0.3, 0.4) is 0 Å². The Hall–Kier alpha value is -1.64. The van der Waals surface area contributed by atoms with Crippen molar-refractivity contribution in [2.75, 3.05) is 0 Å². The summed E-state index contributed by atoms with van der Waals surface area (Å²) in [5.41, 5.74) is 2.34. The predicted molar refractivity (Wildman–Crippen MR) is 76.6 cm³/mol. The molecule has 1 fully saturated rings. The molecule has 100 valence electrons. The summed E-state index contributed by atoms with van der Waals surface area (Å²) in [6, 6.07) is 2.15. The van der Waals surface area contributed by atoms with E-state index in [0.29, 0.717) is 12.0 Å². The van der Waals surface area contributed by atoms with Gasteiger partial charge in [-0.15, -0.1) is 0 Å². The molecule has 1 saturated carbocycles. The van der Waals surface area contributed by atoms with Crippen LogP contribution in [0, 0.1) is 6.92 Å². The lowest BCUT2D eigenvalue weighted by molar-refractivity contribution is 0.295. The normalized spacial score (nSPS) is 16.6. The summed E-state index contributed by atoms with van der Waals surface area (Å²) in [6.07, 6.45) is 7.66. The highest BCUT2D eigenvalue weighted by atomic mass is 16.5. The Morgan fingerprint density at radius 3 is 2.74 bits per heavy atom. The molecule has 0 saturated heterocycles. The van der Waals surface area contributed by atoms with Gasteiger partial charge < -0.3 is 4.74 Å². The van der Waals surface area contributed by atoms with Gasteiger partial charge in [-0.1, -0.05) is 13.8 Å². The standard InChI is InChI=1S/C16H20N2O/c1-4-10(2)14-8-18-16(19-12-5-6-12)15-9-17-11(3)7-13(14)15/h7-10,12H,4-6H2,1-3H3/t10-/m1/s1. The van der Waals surface area contributed by atoms with Crippen LogP contribution < -0.4 is 4.74 Å². The first kappa shape index (κ1) is 12.4. The molecule has 0 N–H and O–H groups in total. The monoisotopic (exact) mass is 256 g/mol. The molecular weight excluding hydrogens is 236 g/mol. The lowest BCUT2D eigenvalue weighted by atomic mass is 9.95. The lowest BCUT2D eigenvalue weighted by Gasteiger charge is -2.15. The van der Waals surface area contributed by atoms with Gasteiger partial charge in [-0.25, -0.2) is 4.98 Å². The molecule has 0 radical (unpaired) electrons. The van der Waals surface area contributed by atoms with E-state index in [1.165, 1.54) is 10.9 Å². The molecule has 3 heteroatoms. The number of aryl methyl sites for hydroxylation is 1. The van der Waals surface area contributed by atoms with E-state index >= 15 is 0 Å². The van der Waals surface area contributed by atoms with E-state index in [-0.39, 0.29) is 0 Å². The van der Waals surface area contributed by atoms with Crippen molar-refractivity contribution in [1.82, 2.24) is 9.97 Å². The minimum atomic E-state index is 0.367. The lowest BCUT2D eigenvalue weighted by Crippen LogP contribution is -2.02. The molecule has 0 unspecified atom stereocenters. The summed E-state index contributed by atoms with van der Waals surface area (Å²) in [4.78, 5) is 8.93. The van der Waals surface area contributed by atoms with Crippen LogP contribution in [-0.4, -0.2) is 16.1 Å². The molecule has 0 bridgehead atoms. The zero-order chi connectivity index (χ0) is 13.4. The fourth-order valence-corrected chi connectivity index (χ4v) is 2.29. The minimum Gasteiger partial charge on any atom is -0.474 e. The highest BCUT2D eigenvalue weighted by Gasteiger charge is 2.25. The second-order valence-corrected chi connectivity index (χ2v) is 5.52. The molecule has 0 aromatic carbocycles. The zero-order valence-corrected chi connectivity index (χ0v) is 11.8. The van der Waals surface area contributed by atoms with Crippen molar-refractivity contribution in [1.29, 1.82) is 0 Å².